The number of ether oxygens (including phenoxy) is 2. The molecule has 16 atom stereocenters. The molecule has 2 aliphatic heterocycles. The van der Waals surface area contributed by atoms with Crippen molar-refractivity contribution in [3.63, 3.8) is 0 Å². The van der Waals surface area contributed by atoms with Gasteiger partial charge in [-0.1, -0.05) is 31.0 Å². The van der Waals surface area contributed by atoms with Gasteiger partial charge in [0.2, 0.25) is 5.91 Å². The Morgan fingerprint density at radius 2 is 1.41 bits per heavy atom. The molecule has 3 unspecified atom stereocenters. The monoisotopic (exact) mass is 1080 g/mol. The van der Waals surface area contributed by atoms with Crippen LogP contribution in [0.25, 0.3) is 20.9 Å². The average molecular weight is 1080 g/mol. The molecule has 4 saturated carbocycles. The molecule has 6 fully saturated rings. The van der Waals surface area contributed by atoms with Crippen molar-refractivity contribution in [2.75, 3.05) is 39.4 Å². The van der Waals surface area contributed by atoms with Gasteiger partial charge in [-0.25, -0.2) is 19.2 Å². The van der Waals surface area contributed by atoms with Crippen molar-refractivity contribution in [3.05, 3.63) is 86.1 Å². The lowest BCUT2D eigenvalue weighted by molar-refractivity contribution is -0.174. The molecule has 6 aliphatic rings. The van der Waals surface area contributed by atoms with Crippen LogP contribution in [0.4, 0.5) is 0 Å². The summed E-state index contributed by atoms with van der Waals surface area (Å²) in [4.78, 5) is 72.8. The largest absolute Gasteiger partial charge is 0.405 e. The van der Waals surface area contributed by atoms with Crippen molar-refractivity contribution in [2.24, 2.45) is 56.6 Å². The van der Waals surface area contributed by atoms with Gasteiger partial charge in [-0.2, -0.15) is 0 Å². The summed E-state index contributed by atoms with van der Waals surface area (Å²) < 4.78 is 40.8. The van der Waals surface area contributed by atoms with E-state index >= 15 is 0 Å². The van der Waals surface area contributed by atoms with Crippen molar-refractivity contribution in [1.82, 2.24) is 34.8 Å². The third kappa shape index (κ3) is 12.4. The van der Waals surface area contributed by atoms with Gasteiger partial charge in [0.25, 0.3) is 11.1 Å². The molecule has 26 heteroatoms. The highest BCUT2D eigenvalue weighted by molar-refractivity contribution is 7.51. The third-order valence-electron chi connectivity index (χ3n) is 18.6. The minimum Gasteiger partial charge on any atom is -0.393 e. The van der Waals surface area contributed by atoms with E-state index in [1.165, 1.54) is 48.2 Å². The number of aliphatic hydroxyl groups is 2. The molecule has 2 saturated heterocycles. The van der Waals surface area contributed by atoms with Crippen LogP contribution in [0.1, 0.15) is 134 Å². The second kappa shape index (κ2) is 24.6. The third-order valence-corrected chi connectivity index (χ3v) is 20.1. The van der Waals surface area contributed by atoms with E-state index in [0.29, 0.717) is 74.4 Å². The van der Waals surface area contributed by atoms with Crippen LogP contribution in [0.5, 0.6) is 0 Å². The fourth-order valence-electron chi connectivity index (χ4n) is 14.3. The van der Waals surface area contributed by atoms with Gasteiger partial charge < -0.3 is 30.3 Å². The van der Waals surface area contributed by atoms with Crippen LogP contribution in [0.3, 0.4) is 0 Å². The number of rotatable bonds is 23. The van der Waals surface area contributed by atoms with Crippen molar-refractivity contribution in [3.8, 4) is 0 Å². The van der Waals surface area contributed by atoms with Gasteiger partial charge in [-0.3, -0.25) is 42.5 Å². The molecule has 0 radical (unpaired) electrons. The Morgan fingerprint density at radius 3 is 1.99 bits per heavy atom. The van der Waals surface area contributed by atoms with Crippen molar-refractivity contribution >= 4 is 13.7 Å². The Bertz CT molecular complexity index is 2660. The standard InChI is InChI=1S/C50H78N13O12P/c1-28(34-11-12-35-33-10-9-31-20-32(64)14-15-49(31,4)36(33)21-41(65)50(34,35)5)8-13-42(66)54-18-6-16-53-17-7-19-55-76(71,72-26-39-37(58-60-51)22-43(74-39)62-24-29(2)45(67)56-47(62)69)73-27-40-38(59-61-52)23-44(75-40)63-25-30(3)46(68)57-48(63)70/h24-25,28,31-41,43-44,53,64-65H,6-23,26-27H2,1-5H3,(H,54,66)(H,55,71)(H,56,67,69)(H,57,68,70)/t28?,31-,32-,33+,34-,35+,36+,37?,38?,39-,40-,41+,43-,44-,49+,50-,76?/m1/s1. The highest BCUT2D eigenvalue weighted by atomic mass is 31.2. The Hall–Kier alpha value is -4.64. The second-order valence-electron chi connectivity index (χ2n) is 22.9. The number of fused-ring (bicyclic) bond motifs is 5. The SMILES string of the molecule is Cc1cn([C@H]2CC(N=[N+]=[N-])[C@@H](COP(=O)(NCCCNCCCNC(=O)CCC(C)[C@H]3CC[C@H]4[C@@H]5CC[C@@H]6C[C@H](O)CC[C@]6(C)[C@H]5C[C@H](O)[C@]34C)OC[C@H]3O[C@@H](n4cc(C)c(=O)[nH]c4=O)CC3N=[N+]=[N-])O2)c(=O)[nH]c1=O. The van der Waals surface area contributed by atoms with E-state index in [-0.39, 0.29) is 59.5 Å². The number of amides is 1. The first kappa shape index (κ1) is 57.5. The number of carbonyl (C=O) groups excluding carboxylic acids is 1. The first-order valence-electron chi connectivity index (χ1n) is 27.3. The van der Waals surface area contributed by atoms with Crippen molar-refractivity contribution in [2.45, 2.75) is 173 Å². The molecular weight excluding hydrogens is 1010 g/mol. The van der Waals surface area contributed by atoms with Crippen LogP contribution in [0.15, 0.2) is 41.8 Å². The van der Waals surface area contributed by atoms with Gasteiger partial charge in [-0.05, 0) is 155 Å². The molecule has 4 aliphatic carbocycles. The molecule has 2 aromatic rings. The van der Waals surface area contributed by atoms with Gasteiger partial charge in [-0.15, -0.1) is 0 Å². The molecule has 4 heterocycles. The molecular formula is C50H78N13O12P. The van der Waals surface area contributed by atoms with E-state index in [1.54, 1.807) is 0 Å². The van der Waals surface area contributed by atoms with Gasteiger partial charge in [0, 0.05) is 65.7 Å². The molecule has 0 aromatic carbocycles. The molecule has 420 valence electrons. The summed E-state index contributed by atoms with van der Waals surface area (Å²) in [5.41, 5.74) is 16.6. The summed E-state index contributed by atoms with van der Waals surface area (Å²) in [6.45, 7) is 10.9. The predicted octanol–water partition coefficient (Wildman–Crippen LogP) is 5.26. The molecule has 8 rings (SSSR count). The lowest BCUT2D eigenvalue weighted by Crippen LogP contribution is -2.58. The number of aromatic amines is 2. The fraction of sp³-hybridized carbons (Fsp3) is 0.820. The quantitative estimate of drug-likeness (QED) is 0.0245. The molecule has 1 amide bonds. The van der Waals surface area contributed by atoms with Gasteiger partial charge in [0.15, 0.2) is 0 Å². The van der Waals surface area contributed by atoms with E-state index in [9.17, 15) is 49.8 Å². The van der Waals surface area contributed by atoms with E-state index in [2.05, 4.69) is 66.5 Å². The van der Waals surface area contributed by atoms with E-state index < -0.39 is 80.2 Å². The minimum absolute atomic E-state index is 0.0101. The Balaban J connectivity index is 0.797. The molecule has 0 bridgehead atoms. The predicted molar refractivity (Wildman–Crippen MR) is 279 cm³/mol. The Labute approximate surface area is 440 Å². The smallest absolute Gasteiger partial charge is 0.393 e. The first-order chi connectivity index (χ1) is 36.3. The number of aromatic nitrogens is 4. The summed E-state index contributed by atoms with van der Waals surface area (Å²) in [7, 11) is -4.28. The van der Waals surface area contributed by atoms with Crippen molar-refractivity contribution < 1.29 is 38.1 Å². The first-order valence-corrected chi connectivity index (χ1v) is 28.8. The highest BCUT2D eigenvalue weighted by Crippen LogP contribution is 2.68. The maximum absolute atomic E-state index is 14.5. The number of carbonyl (C=O) groups is 1. The lowest BCUT2D eigenvalue weighted by atomic mass is 9.43. The van der Waals surface area contributed by atoms with Crippen LogP contribution in [-0.2, 0) is 27.9 Å². The maximum atomic E-state index is 14.5. The zero-order valence-corrected chi connectivity index (χ0v) is 45.3. The normalized spacial score (nSPS) is 35.0. The van der Waals surface area contributed by atoms with E-state index in [4.69, 9.17) is 18.5 Å². The van der Waals surface area contributed by atoms with Crippen LogP contribution >= 0.6 is 7.75 Å². The number of hydrogen-bond donors (Lipinski definition) is 7. The van der Waals surface area contributed by atoms with Gasteiger partial charge in [0.1, 0.15) is 12.5 Å². The minimum atomic E-state index is -4.28. The summed E-state index contributed by atoms with van der Waals surface area (Å²) in [6.07, 6.45) is 8.81. The van der Waals surface area contributed by atoms with E-state index in [0.717, 1.165) is 44.9 Å². The molecule has 7 N–H and O–H groups in total. The Morgan fingerprint density at radius 1 is 0.829 bits per heavy atom. The number of hydrogen-bond acceptors (Lipinski definition) is 15. The second-order valence-corrected chi connectivity index (χ2v) is 24.8. The van der Waals surface area contributed by atoms with Crippen LogP contribution in [-0.4, -0.2) is 111 Å². The fourth-order valence-corrected chi connectivity index (χ4v) is 15.7. The van der Waals surface area contributed by atoms with Crippen LogP contribution in [0.2, 0.25) is 0 Å². The summed E-state index contributed by atoms with van der Waals surface area (Å²) in [6, 6.07) is -1.74. The molecule has 76 heavy (non-hydrogen) atoms. The summed E-state index contributed by atoms with van der Waals surface area (Å²) in [5.74, 6) is 2.82. The van der Waals surface area contributed by atoms with Crippen LogP contribution < -0.4 is 38.2 Å². The highest BCUT2D eigenvalue weighted by Gasteiger charge is 2.63. The molecule has 0 spiro atoms. The average Bonchev–Trinajstić information content (AvgIpc) is 4.16. The van der Waals surface area contributed by atoms with Crippen molar-refractivity contribution in [1.29, 1.82) is 0 Å². The number of nitrogens with zero attached hydrogens (tertiary/aromatic N) is 8. The number of azide groups is 2. The van der Waals surface area contributed by atoms with E-state index in [1.807, 2.05) is 0 Å². The zero-order chi connectivity index (χ0) is 54.5. The number of nitrogens with one attached hydrogen (secondary N) is 5. The lowest BCUT2D eigenvalue weighted by Gasteiger charge is -2.62. The summed E-state index contributed by atoms with van der Waals surface area (Å²) in [5, 5.41) is 39.3. The number of H-pyrrole nitrogens is 2. The number of aryl methyl sites for hydroxylation is 2. The maximum Gasteiger partial charge on any atom is 0.405 e. The Kier molecular flexibility index (Phi) is 18.6. The topological polar surface area (TPSA) is 355 Å². The number of aliphatic hydroxyl groups excluding tert-OH is 2. The van der Waals surface area contributed by atoms with Gasteiger partial charge in [0.05, 0.1) is 49.7 Å². The van der Waals surface area contributed by atoms with Gasteiger partial charge >= 0.3 is 19.1 Å². The summed E-state index contributed by atoms with van der Waals surface area (Å²) >= 11 is 0. The van der Waals surface area contributed by atoms with Crippen LogP contribution in [0, 0.1) is 60.2 Å². The molecule has 2 aromatic heterocycles. The molecule has 25 nitrogen and oxygen atoms in total. The zero-order valence-electron chi connectivity index (χ0n) is 44.4.